The van der Waals surface area contributed by atoms with Crippen molar-refractivity contribution in [2.24, 2.45) is 5.92 Å². The zero-order valence-corrected chi connectivity index (χ0v) is 8.43. The van der Waals surface area contributed by atoms with Gasteiger partial charge in [0.25, 0.3) is 0 Å². The highest BCUT2D eigenvalue weighted by atomic mass is 16.3. The number of carbonyl (C=O) groups is 1. The second-order valence-corrected chi connectivity index (χ2v) is 3.83. The van der Waals surface area contributed by atoms with Crippen molar-refractivity contribution in [3.05, 3.63) is 36.3 Å². The van der Waals surface area contributed by atoms with Crippen molar-refractivity contribution in [1.29, 1.82) is 0 Å². The SMILES string of the molecule is O=C(c1ccco1)C(O)C1CC=CCC1. The number of hydrogen-bond donors (Lipinski definition) is 1. The average molecular weight is 206 g/mol. The lowest BCUT2D eigenvalue weighted by Gasteiger charge is -2.21. The van der Waals surface area contributed by atoms with Gasteiger partial charge in [0, 0.05) is 0 Å². The van der Waals surface area contributed by atoms with Crippen LogP contribution in [0.2, 0.25) is 0 Å². The Morgan fingerprint density at radius 1 is 1.53 bits per heavy atom. The third-order valence-electron chi connectivity index (χ3n) is 2.79. The Balaban J connectivity index is 2.04. The van der Waals surface area contributed by atoms with Gasteiger partial charge in [0.2, 0.25) is 5.78 Å². The van der Waals surface area contributed by atoms with E-state index in [1.165, 1.54) is 6.26 Å². The molecule has 3 heteroatoms. The molecule has 1 aliphatic carbocycles. The van der Waals surface area contributed by atoms with Crippen molar-refractivity contribution in [3.8, 4) is 0 Å². The standard InChI is InChI=1S/C12H14O3/c13-11(9-5-2-1-3-6-9)12(14)10-7-4-8-15-10/h1-2,4,7-9,11,13H,3,5-6H2. The minimum absolute atomic E-state index is 0.0348. The van der Waals surface area contributed by atoms with Crippen LogP contribution in [0.1, 0.15) is 29.8 Å². The summed E-state index contributed by atoms with van der Waals surface area (Å²) in [5.74, 6) is -0.0232. The second kappa shape index (κ2) is 4.45. The van der Waals surface area contributed by atoms with E-state index in [1.54, 1.807) is 12.1 Å². The van der Waals surface area contributed by atoms with Gasteiger partial charge < -0.3 is 9.52 Å². The lowest BCUT2D eigenvalue weighted by Crippen LogP contribution is -2.30. The molecule has 0 spiro atoms. The Labute approximate surface area is 88.4 Å². The van der Waals surface area contributed by atoms with E-state index >= 15 is 0 Å². The maximum atomic E-state index is 11.7. The van der Waals surface area contributed by atoms with E-state index in [0.717, 1.165) is 19.3 Å². The quantitative estimate of drug-likeness (QED) is 0.609. The van der Waals surface area contributed by atoms with E-state index in [-0.39, 0.29) is 17.5 Å². The molecule has 0 saturated carbocycles. The van der Waals surface area contributed by atoms with E-state index in [1.807, 2.05) is 6.08 Å². The molecule has 2 unspecified atom stereocenters. The molecule has 1 aromatic heterocycles. The Morgan fingerprint density at radius 2 is 2.40 bits per heavy atom. The fraction of sp³-hybridized carbons (Fsp3) is 0.417. The van der Waals surface area contributed by atoms with Crippen LogP contribution in [0.4, 0.5) is 0 Å². The Morgan fingerprint density at radius 3 is 3.00 bits per heavy atom. The first-order chi connectivity index (χ1) is 7.29. The van der Waals surface area contributed by atoms with Crippen molar-refractivity contribution in [1.82, 2.24) is 0 Å². The van der Waals surface area contributed by atoms with Gasteiger partial charge in [-0.3, -0.25) is 4.79 Å². The summed E-state index contributed by atoms with van der Waals surface area (Å²) in [5.41, 5.74) is 0. The molecule has 2 rings (SSSR count). The summed E-state index contributed by atoms with van der Waals surface area (Å²) in [6.07, 6.45) is 7.19. The molecule has 80 valence electrons. The fourth-order valence-corrected chi connectivity index (χ4v) is 1.88. The van der Waals surface area contributed by atoms with Crippen LogP contribution in [0.25, 0.3) is 0 Å². The number of furan rings is 1. The molecule has 0 radical (unpaired) electrons. The molecule has 1 aliphatic rings. The summed E-state index contributed by atoms with van der Waals surface area (Å²) in [5, 5.41) is 9.87. The number of aliphatic hydroxyl groups excluding tert-OH is 1. The van der Waals surface area contributed by atoms with Crippen LogP contribution in [0.5, 0.6) is 0 Å². The van der Waals surface area contributed by atoms with Gasteiger partial charge in [0.05, 0.1) is 6.26 Å². The predicted octanol–water partition coefficient (Wildman–Crippen LogP) is 2.18. The lowest BCUT2D eigenvalue weighted by molar-refractivity contribution is 0.0558. The molecule has 0 aromatic carbocycles. The maximum absolute atomic E-state index is 11.7. The van der Waals surface area contributed by atoms with Crippen LogP contribution >= 0.6 is 0 Å². The van der Waals surface area contributed by atoms with Gasteiger partial charge in [-0.1, -0.05) is 12.2 Å². The normalized spacial score (nSPS) is 22.6. The highest BCUT2D eigenvalue weighted by Gasteiger charge is 2.28. The predicted molar refractivity (Wildman–Crippen MR) is 55.5 cm³/mol. The molecule has 2 atom stereocenters. The van der Waals surface area contributed by atoms with Crippen LogP contribution in [0.3, 0.4) is 0 Å². The summed E-state index contributed by atoms with van der Waals surface area (Å²) < 4.78 is 4.98. The van der Waals surface area contributed by atoms with Gasteiger partial charge in [0.1, 0.15) is 6.10 Å². The number of carbonyl (C=O) groups excluding carboxylic acids is 1. The van der Waals surface area contributed by atoms with Crippen LogP contribution in [0, 0.1) is 5.92 Å². The summed E-state index contributed by atoms with van der Waals surface area (Å²) >= 11 is 0. The molecule has 0 amide bonds. The molecule has 0 bridgehead atoms. The van der Waals surface area contributed by atoms with Crippen molar-refractivity contribution < 1.29 is 14.3 Å². The lowest BCUT2D eigenvalue weighted by atomic mass is 9.87. The summed E-state index contributed by atoms with van der Waals surface area (Å²) in [4.78, 5) is 11.7. The summed E-state index contributed by atoms with van der Waals surface area (Å²) in [6.45, 7) is 0. The number of aliphatic hydroxyl groups is 1. The van der Waals surface area contributed by atoms with Crippen molar-refractivity contribution in [2.45, 2.75) is 25.4 Å². The summed E-state index contributed by atoms with van der Waals surface area (Å²) in [7, 11) is 0. The monoisotopic (exact) mass is 206 g/mol. The Bertz CT molecular complexity index is 351. The topological polar surface area (TPSA) is 50.4 Å². The largest absolute Gasteiger partial charge is 0.461 e. The molecule has 1 aromatic rings. The first-order valence-corrected chi connectivity index (χ1v) is 5.20. The van der Waals surface area contributed by atoms with Crippen molar-refractivity contribution >= 4 is 5.78 Å². The molecule has 0 aliphatic heterocycles. The number of rotatable bonds is 3. The average Bonchev–Trinajstić information content (AvgIpc) is 2.82. The van der Waals surface area contributed by atoms with Crippen molar-refractivity contribution in [2.75, 3.05) is 0 Å². The Hall–Kier alpha value is -1.35. The second-order valence-electron chi connectivity index (χ2n) is 3.83. The van der Waals surface area contributed by atoms with E-state index in [9.17, 15) is 9.90 Å². The number of hydrogen-bond acceptors (Lipinski definition) is 3. The molecule has 0 fully saturated rings. The molecule has 3 nitrogen and oxygen atoms in total. The van der Waals surface area contributed by atoms with E-state index in [2.05, 4.69) is 6.08 Å². The van der Waals surface area contributed by atoms with E-state index in [4.69, 9.17) is 4.42 Å². The third kappa shape index (κ3) is 2.18. The van der Waals surface area contributed by atoms with Gasteiger partial charge in [-0.05, 0) is 37.3 Å². The highest BCUT2D eigenvalue weighted by Crippen LogP contribution is 2.23. The van der Waals surface area contributed by atoms with Crippen LogP contribution < -0.4 is 0 Å². The van der Waals surface area contributed by atoms with Gasteiger partial charge in [-0.15, -0.1) is 0 Å². The zero-order chi connectivity index (χ0) is 10.7. The number of ketones is 1. The third-order valence-corrected chi connectivity index (χ3v) is 2.79. The van der Waals surface area contributed by atoms with Gasteiger partial charge in [0.15, 0.2) is 5.76 Å². The number of allylic oxidation sites excluding steroid dienone is 2. The van der Waals surface area contributed by atoms with Crippen molar-refractivity contribution in [3.63, 3.8) is 0 Å². The molecule has 0 saturated heterocycles. The van der Waals surface area contributed by atoms with E-state index < -0.39 is 6.10 Å². The van der Waals surface area contributed by atoms with Crippen LogP contribution in [0.15, 0.2) is 35.0 Å². The van der Waals surface area contributed by atoms with Crippen LogP contribution in [-0.2, 0) is 0 Å². The Kier molecular flexibility index (Phi) is 3.02. The fourth-order valence-electron chi connectivity index (χ4n) is 1.88. The van der Waals surface area contributed by atoms with Gasteiger partial charge >= 0.3 is 0 Å². The minimum atomic E-state index is -0.930. The van der Waals surface area contributed by atoms with Gasteiger partial charge in [-0.2, -0.15) is 0 Å². The number of Topliss-reactive ketones (excluding diaryl/α,β-unsaturated/α-hetero) is 1. The molecular formula is C12H14O3. The van der Waals surface area contributed by atoms with Crippen LogP contribution in [-0.4, -0.2) is 17.0 Å². The molecule has 1 N–H and O–H groups in total. The first-order valence-electron chi connectivity index (χ1n) is 5.20. The smallest absolute Gasteiger partial charge is 0.226 e. The summed E-state index contributed by atoms with van der Waals surface area (Å²) in [6, 6.07) is 3.24. The molecule has 15 heavy (non-hydrogen) atoms. The minimum Gasteiger partial charge on any atom is -0.461 e. The first kappa shape index (κ1) is 10.2. The zero-order valence-electron chi connectivity index (χ0n) is 8.43. The van der Waals surface area contributed by atoms with Gasteiger partial charge in [-0.25, -0.2) is 0 Å². The maximum Gasteiger partial charge on any atom is 0.226 e. The van der Waals surface area contributed by atoms with E-state index in [0.29, 0.717) is 0 Å². The highest BCUT2D eigenvalue weighted by molar-refractivity contribution is 5.97. The molecular weight excluding hydrogens is 192 g/mol. The molecule has 1 heterocycles.